The van der Waals surface area contributed by atoms with Crippen LogP contribution in [0.1, 0.15) is 10.5 Å². The average molecular weight is 396 g/mol. The number of nitrogens with zero attached hydrogens (tertiary/aromatic N) is 2. The summed E-state index contributed by atoms with van der Waals surface area (Å²) in [7, 11) is -1.02. The summed E-state index contributed by atoms with van der Waals surface area (Å²) in [5.41, 5.74) is 0.116. The van der Waals surface area contributed by atoms with E-state index in [0.29, 0.717) is 5.69 Å². The van der Waals surface area contributed by atoms with Gasteiger partial charge in [-0.1, -0.05) is 0 Å². The number of non-ortho nitro benzene ring substituents is 1. The molecule has 27 heavy (non-hydrogen) atoms. The third-order valence-electron chi connectivity index (χ3n) is 3.46. The van der Waals surface area contributed by atoms with Crippen molar-refractivity contribution in [3.63, 3.8) is 0 Å². The van der Waals surface area contributed by atoms with Crippen molar-refractivity contribution in [3.8, 4) is 0 Å². The summed E-state index contributed by atoms with van der Waals surface area (Å²) >= 11 is 0. The van der Waals surface area contributed by atoms with Crippen LogP contribution in [0.2, 0.25) is 0 Å². The SMILES string of the molecule is CNS(=O)(=O)c1cc(C(=O)OCC(=O)Nc2ccc([N+](=O)[O-])cc2)n(C)c1. The first-order chi connectivity index (χ1) is 12.6. The maximum absolute atomic E-state index is 12.1. The Hall–Kier alpha value is -3.25. The van der Waals surface area contributed by atoms with Gasteiger partial charge in [-0.2, -0.15) is 0 Å². The first-order valence-corrected chi connectivity index (χ1v) is 8.93. The second-order valence-corrected chi connectivity index (χ2v) is 7.19. The Kier molecular flexibility index (Phi) is 5.92. The highest BCUT2D eigenvalue weighted by Crippen LogP contribution is 2.16. The Morgan fingerprint density at radius 1 is 1.26 bits per heavy atom. The van der Waals surface area contributed by atoms with E-state index in [4.69, 9.17) is 4.74 Å². The molecule has 1 aromatic carbocycles. The summed E-state index contributed by atoms with van der Waals surface area (Å²) in [5, 5.41) is 13.0. The number of nitro groups is 1. The molecule has 11 nitrogen and oxygen atoms in total. The fraction of sp³-hybridized carbons (Fsp3) is 0.200. The van der Waals surface area contributed by atoms with Crippen LogP contribution in [0.5, 0.6) is 0 Å². The third kappa shape index (κ3) is 4.89. The van der Waals surface area contributed by atoms with Crippen LogP contribution >= 0.6 is 0 Å². The molecule has 0 saturated heterocycles. The summed E-state index contributed by atoms with van der Waals surface area (Å²) in [6.07, 6.45) is 1.24. The van der Waals surface area contributed by atoms with E-state index in [9.17, 15) is 28.1 Å². The molecule has 1 amide bonds. The van der Waals surface area contributed by atoms with Gasteiger partial charge >= 0.3 is 5.97 Å². The quantitative estimate of drug-likeness (QED) is 0.396. The minimum Gasteiger partial charge on any atom is -0.451 e. The van der Waals surface area contributed by atoms with Gasteiger partial charge in [0.2, 0.25) is 10.0 Å². The molecule has 1 aromatic heterocycles. The van der Waals surface area contributed by atoms with Crippen molar-refractivity contribution in [1.82, 2.24) is 9.29 Å². The van der Waals surface area contributed by atoms with Crippen molar-refractivity contribution in [1.29, 1.82) is 0 Å². The predicted octanol–water partition coefficient (Wildman–Crippen LogP) is 0.637. The first-order valence-electron chi connectivity index (χ1n) is 7.45. The molecular formula is C15H16N4O7S. The highest BCUT2D eigenvalue weighted by molar-refractivity contribution is 7.89. The highest BCUT2D eigenvalue weighted by atomic mass is 32.2. The van der Waals surface area contributed by atoms with Gasteiger partial charge in [0.05, 0.1) is 4.92 Å². The van der Waals surface area contributed by atoms with Crippen molar-refractivity contribution < 1.29 is 27.7 Å². The van der Waals surface area contributed by atoms with Gasteiger partial charge in [0, 0.05) is 31.1 Å². The monoisotopic (exact) mass is 396 g/mol. The minimum absolute atomic E-state index is 0.0491. The maximum Gasteiger partial charge on any atom is 0.355 e. The number of hydrogen-bond donors (Lipinski definition) is 2. The average Bonchev–Trinajstić information content (AvgIpc) is 3.03. The molecule has 144 valence electrons. The normalized spacial score (nSPS) is 11.0. The Morgan fingerprint density at radius 2 is 1.89 bits per heavy atom. The number of anilines is 1. The molecule has 0 atom stereocenters. The van der Waals surface area contributed by atoms with Crippen molar-refractivity contribution >= 4 is 33.3 Å². The van der Waals surface area contributed by atoms with E-state index in [-0.39, 0.29) is 16.3 Å². The molecule has 1 heterocycles. The van der Waals surface area contributed by atoms with E-state index in [2.05, 4.69) is 10.0 Å². The smallest absolute Gasteiger partial charge is 0.355 e. The molecule has 2 aromatic rings. The number of aromatic nitrogens is 1. The van der Waals surface area contributed by atoms with Gasteiger partial charge in [0.1, 0.15) is 10.6 Å². The first kappa shape index (κ1) is 20.1. The van der Waals surface area contributed by atoms with Gasteiger partial charge in [-0.25, -0.2) is 17.9 Å². The van der Waals surface area contributed by atoms with Crippen LogP contribution < -0.4 is 10.0 Å². The van der Waals surface area contributed by atoms with Crippen LogP contribution in [0, 0.1) is 10.1 Å². The summed E-state index contributed by atoms with van der Waals surface area (Å²) in [4.78, 5) is 33.8. The zero-order valence-electron chi connectivity index (χ0n) is 14.3. The highest BCUT2D eigenvalue weighted by Gasteiger charge is 2.20. The van der Waals surface area contributed by atoms with Crippen molar-refractivity contribution in [2.75, 3.05) is 19.0 Å². The number of nitro benzene ring substituents is 1. The Balaban J connectivity index is 1.97. The van der Waals surface area contributed by atoms with Crippen LogP contribution in [0.15, 0.2) is 41.4 Å². The number of benzene rings is 1. The van der Waals surface area contributed by atoms with Gasteiger partial charge in [0.15, 0.2) is 6.61 Å². The van der Waals surface area contributed by atoms with E-state index in [1.54, 1.807) is 0 Å². The number of carbonyl (C=O) groups excluding carboxylic acids is 2. The number of amides is 1. The van der Waals surface area contributed by atoms with Crippen LogP contribution in [0.25, 0.3) is 0 Å². The minimum atomic E-state index is -3.72. The second-order valence-electron chi connectivity index (χ2n) is 5.31. The molecule has 0 bridgehead atoms. The van der Waals surface area contributed by atoms with Crippen molar-refractivity contribution in [3.05, 3.63) is 52.3 Å². The third-order valence-corrected chi connectivity index (χ3v) is 4.85. The van der Waals surface area contributed by atoms with Gasteiger partial charge in [0.25, 0.3) is 11.6 Å². The zero-order chi connectivity index (χ0) is 20.2. The number of hydrogen-bond acceptors (Lipinski definition) is 7. The molecule has 0 fully saturated rings. The molecule has 2 N–H and O–H groups in total. The van der Waals surface area contributed by atoms with E-state index in [1.807, 2.05) is 0 Å². The van der Waals surface area contributed by atoms with Crippen LogP contribution in [-0.4, -0.2) is 43.4 Å². The summed E-state index contributed by atoms with van der Waals surface area (Å²) in [6.45, 7) is -0.616. The Morgan fingerprint density at radius 3 is 2.44 bits per heavy atom. The number of esters is 1. The van der Waals surface area contributed by atoms with Gasteiger partial charge in [-0.05, 0) is 25.2 Å². The fourth-order valence-corrected chi connectivity index (χ4v) is 2.87. The largest absolute Gasteiger partial charge is 0.451 e. The predicted molar refractivity (Wildman–Crippen MR) is 93.7 cm³/mol. The number of sulfonamides is 1. The molecule has 0 unspecified atom stereocenters. The van der Waals surface area contributed by atoms with Gasteiger partial charge < -0.3 is 14.6 Å². The Bertz CT molecular complexity index is 980. The Labute approximate surface area is 154 Å². The number of carbonyl (C=O) groups is 2. The van der Waals surface area contributed by atoms with E-state index < -0.39 is 33.4 Å². The van der Waals surface area contributed by atoms with E-state index in [0.717, 1.165) is 6.07 Å². The van der Waals surface area contributed by atoms with E-state index in [1.165, 1.54) is 49.1 Å². The number of aryl methyl sites for hydroxylation is 1. The number of rotatable bonds is 7. The van der Waals surface area contributed by atoms with Crippen LogP contribution in [0.4, 0.5) is 11.4 Å². The molecule has 0 saturated carbocycles. The number of nitrogens with one attached hydrogen (secondary N) is 2. The lowest BCUT2D eigenvalue weighted by Crippen LogP contribution is -2.21. The lowest BCUT2D eigenvalue weighted by molar-refractivity contribution is -0.384. The van der Waals surface area contributed by atoms with Crippen molar-refractivity contribution in [2.45, 2.75) is 4.90 Å². The molecule has 0 aliphatic carbocycles. The molecule has 0 spiro atoms. The summed E-state index contributed by atoms with van der Waals surface area (Å²) < 4.78 is 31.7. The number of ether oxygens (including phenoxy) is 1. The molecule has 0 radical (unpaired) electrons. The lowest BCUT2D eigenvalue weighted by atomic mass is 10.3. The molecule has 12 heteroatoms. The molecular weight excluding hydrogens is 380 g/mol. The lowest BCUT2D eigenvalue weighted by Gasteiger charge is -2.07. The van der Waals surface area contributed by atoms with Gasteiger partial charge in [-0.3, -0.25) is 14.9 Å². The summed E-state index contributed by atoms with van der Waals surface area (Å²) in [6, 6.07) is 6.24. The molecule has 2 rings (SSSR count). The van der Waals surface area contributed by atoms with E-state index >= 15 is 0 Å². The fourth-order valence-electron chi connectivity index (χ4n) is 2.07. The summed E-state index contributed by atoms with van der Waals surface area (Å²) in [5.74, 6) is -1.54. The van der Waals surface area contributed by atoms with Crippen LogP contribution in [0.3, 0.4) is 0 Å². The van der Waals surface area contributed by atoms with Crippen LogP contribution in [-0.2, 0) is 26.6 Å². The zero-order valence-corrected chi connectivity index (χ0v) is 15.1. The molecule has 0 aliphatic rings. The molecule has 0 aliphatic heterocycles. The topological polar surface area (TPSA) is 150 Å². The van der Waals surface area contributed by atoms with Gasteiger partial charge in [-0.15, -0.1) is 0 Å². The second kappa shape index (κ2) is 7.97. The van der Waals surface area contributed by atoms with Crippen molar-refractivity contribution in [2.24, 2.45) is 7.05 Å². The standard InChI is InChI=1S/C15H16N4O7S/c1-16-27(24,25)12-7-13(18(2)8-12)15(21)26-9-14(20)17-10-3-5-11(6-4-10)19(22)23/h3-8,16H,9H2,1-2H3,(H,17,20). The maximum atomic E-state index is 12.1.